The molecule has 0 aliphatic carbocycles. The number of nitrogen functional groups attached to an aromatic ring is 1. The van der Waals surface area contributed by atoms with Crippen molar-refractivity contribution < 1.29 is 4.21 Å². The summed E-state index contributed by atoms with van der Waals surface area (Å²) >= 11 is 0. The number of anilines is 1. The minimum atomic E-state index is -1.16. The van der Waals surface area contributed by atoms with Crippen LogP contribution in [-0.2, 0) is 11.0 Å². The highest BCUT2D eigenvalue weighted by molar-refractivity contribution is 7.84. The summed E-state index contributed by atoms with van der Waals surface area (Å²) in [5.41, 5.74) is 9.88. The van der Waals surface area contributed by atoms with Crippen LogP contribution in [0, 0.1) is 6.92 Å². The molecule has 0 radical (unpaired) electrons. The number of benzene rings is 1. The Balaban J connectivity index is 2.37. The van der Waals surface area contributed by atoms with Crippen LogP contribution >= 0.6 is 0 Å². The number of nitrogens with two attached hydrogens (primary N) is 1. The van der Waals surface area contributed by atoms with Crippen LogP contribution in [0.3, 0.4) is 0 Å². The SMILES string of the molecule is Cc1cc(-c2ncc[nH]2)c(N)c([C@@H](C)N[S@](=O)C(C)(C)C)c1. The summed E-state index contributed by atoms with van der Waals surface area (Å²) in [6.45, 7) is 9.81. The van der Waals surface area contributed by atoms with Crippen LogP contribution in [0.2, 0.25) is 0 Å². The first-order chi connectivity index (χ1) is 10.2. The third kappa shape index (κ3) is 3.56. The summed E-state index contributed by atoms with van der Waals surface area (Å²) in [4.78, 5) is 7.35. The molecular formula is C16H24N4OS. The second-order valence-corrected chi connectivity index (χ2v) is 8.47. The molecule has 4 N–H and O–H groups in total. The van der Waals surface area contributed by atoms with Crippen molar-refractivity contribution in [3.8, 4) is 11.4 Å². The molecule has 0 saturated carbocycles. The van der Waals surface area contributed by atoms with E-state index in [1.54, 1.807) is 12.4 Å². The van der Waals surface area contributed by atoms with Gasteiger partial charge in [-0.15, -0.1) is 0 Å². The Kier molecular flexibility index (Phi) is 4.72. The minimum absolute atomic E-state index is 0.117. The van der Waals surface area contributed by atoms with Gasteiger partial charge in [-0.05, 0) is 51.8 Å². The van der Waals surface area contributed by atoms with Gasteiger partial charge in [0, 0.05) is 29.7 Å². The Morgan fingerprint density at radius 1 is 1.36 bits per heavy atom. The number of aryl methyl sites for hydroxylation is 1. The molecule has 1 aromatic heterocycles. The third-order valence-corrected chi connectivity index (χ3v) is 5.10. The highest BCUT2D eigenvalue weighted by atomic mass is 32.2. The first-order valence-electron chi connectivity index (χ1n) is 7.28. The molecule has 120 valence electrons. The van der Waals surface area contributed by atoms with Crippen LogP contribution in [0.25, 0.3) is 11.4 Å². The maximum atomic E-state index is 12.3. The molecule has 22 heavy (non-hydrogen) atoms. The summed E-state index contributed by atoms with van der Waals surface area (Å²) in [7, 11) is -1.16. The van der Waals surface area contributed by atoms with Crippen LogP contribution in [0.5, 0.6) is 0 Å². The molecule has 2 aromatic rings. The number of aromatic nitrogens is 2. The molecule has 1 heterocycles. The van der Waals surface area contributed by atoms with Gasteiger partial charge in [-0.2, -0.15) is 0 Å². The van der Waals surface area contributed by atoms with E-state index in [1.165, 1.54) is 0 Å². The van der Waals surface area contributed by atoms with Crippen LogP contribution in [0.1, 0.15) is 44.9 Å². The first-order valence-corrected chi connectivity index (χ1v) is 8.43. The highest BCUT2D eigenvalue weighted by Gasteiger charge is 2.23. The van der Waals surface area contributed by atoms with Crippen LogP contribution in [-0.4, -0.2) is 18.9 Å². The maximum Gasteiger partial charge on any atom is 0.139 e. The van der Waals surface area contributed by atoms with E-state index in [4.69, 9.17) is 5.73 Å². The van der Waals surface area contributed by atoms with Crippen molar-refractivity contribution in [2.24, 2.45) is 0 Å². The van der Waals surface area contributed by atoms with E-state index in [1.807, 2.05) is 46.8 Å². The zero-order chi connectivity index (χ0) is 16.5. The van der Waals surface area contributed by atoms with Crippen molar-refractivity contribution in [1.82, 2.24) is 14.7 Å². The summed E-state index contributed by atoms with van der Waals surface area (Å²) in [5, 5.41) is 0. The third-order valence-electron chi connectivity index (χ3n) is 3.42. The molecule has 2 atom stereocenters. The number of rotatable bonds is 4. The van der Waals surface area contributed by atoms with Gasteiger partial charge >= 0.3 is 0 Å². The standard InChI is InChI=1S/C16H24N4OS/c1-10-8-12(11(2)20-22(21)16(3,4)5)14(17)13(9-10)15-18-6-7-19-15/h6-9,11,20H,17H2,1-5H3,(H,18,19)/t11-,22-/m1/s1. The van der Waals surface area contributed by atoms with Gasteiger partial charge in [0.05, 0.1) is 15.7 Å². The monoisotopic (exact) mass is 320 g/mol. The number of nitrogens with zero attached hydrogens (tertiary/aromatic N) is 1. The fraction of sp³-hybridized carbons (Fsp3) is 0.438. The first kappa shape index (κ1) is 16.7. The second kappa shape index (κ2) is 6.22. The Morgan fingerprint density at radius 3 is 2.59 bits per heavy atom. The number of hydrogen-bond acceptors (Lipinski definition) is 3. The molecule has 0 bridgehead atoms. The van der Waals surface area contributed by atoms with Crippen molar-refractivity contribution in [3.63, 3.8) is 0 Å². The average molecular weight is 320 g/mol. The lowest BCUT2D eigenvalue weighted by atomic mass is 9.99. The summed E-state index contributed by atoms with van der Waals surface area (Å²) in [6.07, 6.45) is 3.47. The lowest BCUT2D eigenvalue weighted by molar-refractivity contribution is 0.616. The number of aromatic amines is 1. The van der Waals surface area contributed by atoms with Crippen molar-refractivity contribution >= 4 is 16.7 Å². The Morgan fingerprint density at radius 2 is 2.05 bits per heavy atom. The topological polar surface area (TPSA) is 83.8 Å². The van der Waals surface area contributed by atoms with E-state index < -0.39 is 11.0 Å². The van der Waals surface area contributed by atoms with Crippen LogP contribution in [0.4, 0.5) is 5.69 Å². The lowest BCUT2D eigenvalue weighted by Gasteiger charge is -2.24. The van der Waals surface area contributed by atoms with Crippen molar-refractivity contribution in [2.45, 2.75) is 45.4 Å². The maximum absolute atomic E-state index is 12.3. The largest absolute Gasteiger partial charge is 0.398 e. The van der Waals surface area contributed by atoms with Gasteiger partial charge in [0.1, 0.15) is 5.82 Å². The molecule has 0 amide bonds. The second-order valence-electron chi connectivity index (χ2n) is 6.47. The summed E-state index contributed by atoms with van der Waals surface area (Å²) in [5.74, 6) is 0.742. The molecule has 0 saturated heterocycles. The van der Waals surface area contributed by atoms with Gasteiger partial charge < -0.3 is 10.7 Å². The Labute approximate surface area is 134 Å². The van der Waals surface area contributed by atoms with Gasteiger partial charge in [0.15, 0.2) is 0 Å². The van der Waals surface area contributed by atoms with E-state index >= 15 is 0 Å². The van der Waals surface area contributed by atoms with Crippen LogP contribution < -0.4 is 10.5 Å². The normalized spacial score (nSPS) is 14.8. The van der Waals surface area contributed by atoms with E-state index in [9.17, 15) is 4.21 Å². The summed E-state index contributed by atoms with van der Waals surface area (Å²) < 4.78 is 15.1. The quantitative estimate of drug-likeness (QED) is 0.757. The number of hydrogen-bond donors (Lipinski definition) is 3. The predicted octanol–water partition coefficient (Wildman–Crippen LogP) is 3.08. The zero-order valence-corrected chi connectivity index (χ0v) is 14.5. The molecule has 5 nitrogen and oxygen atoms in total. The molecule has 1 aromatic carbocycles. The summed E-state index contributed by atoms with van der Waals surface area (Å²) in [6, 6.07) is 3.92. The fourth-order valence-electron chi connectivity index (χ4n) is 2.19. The van der Waals surface area contributed by atoms with E-state index in [0.717, 1.165) is 22.5 Å². The smallest absolute Gasteiger partial charge is 0.139 e. The predicted molar refractivity (Wildman–Crippen MR) is 92.6 cm³/mol. The Hall–Kier alpha value is -1.66. The van der Waals surface area contributed by atoms with E-state index in [-0.39, 0.29) is 10.8 Å². The molecular weight excluding hydrogens is 296 g/mol. The molecule has 6 heteroatoms. The van der Waals surface area contributed by atoms with Crippen LogP contribution in [0.15, 0.2) is 24.5 Å². The minimum Gasteiger partial charge on any atom is -0.398 e. The van der Waals surface area contributed by atoms with Gasteiger partial charge in [-0.3, -0.25) is 0 Å². The van der Waals surface area contributed by atoms with Gasteiger partial charge in [-0.25, -0.2) is 13.9 Å². The zero-order valence-electron chi connectivity index (χ0n) is 13.7. The van der Waals surface area contributed by atoms with Crippen molar-refractivity contribution in [2.75, 3.05) is 5.73 Å². The molecule has 0 aliphatic heterocycles. The van der Waals surface area contributed by atoms with Gasteiger partial charge in [0.25, 0.3) is 0 Å². The van der Waals surface area contributed by atoms with Gasteiger partial charge in [-0.1, -0.05) is 6.07 Å². The number of nitrogens with one attached hydrogen (secondary N) is 2. The highest BCUT2D eigenvalue weighted by Crippen LogP contribution is 2.32. The average Bonchev–Trinajstić information content (AvgIpc) is 2.93. The van der Waals surface area contributed by atoms with Gasteiger partial charge in [0.2, 0.25) is 0 Å². The number of imidazole rings is 1. The molecule has 0 spiro atoms. The van der Waals surface area contributed by atoms with Crippen molar-refractivity contribution in [1.29, 1.82) is 0 Å². The lowest BCUT2D eigenvalue weighted by Crippen LogP contribution is -2.35. The molecule has 2 rings (SSSR count). The van der Waals surface area contributed by atoms with Crippen molar-refractivity contribution in [3.05, 3.63) is 35.7 Å². The Bertz CT molecular complexity index is 674. The molecule has 0 fully saturated rings. The molecule has 0 aliphatic rings. The fourth-order valence-corrected chi connectivity index (χ4v) is 2.99. The van der Waals surface area contributed by atoms with E-state index in [2.05, 4.69) is 14.7 Å². The number of H-pyrrole nitrogens is 1. The van der Waals surface area contributed by atoms with E-state index in [0.29, 0.717) is 5.69 Å². The molecule has 0 unspecified atom stereocenters.